The van der Waals surface area contributed by atoms with Gasteiger partial charge in [-0.1, -0.05) is 23.2 Å². The summed E-state index contributed by atoms with van der Waals surface area (Å²) in [5.74, 6) is 0. The van der Waals surface area contributed by atoms with Crippen LogP contribution in [0.3, 0.4) is 0 Å². The van der Waals surface area contributed by atoms with E-state index in [1.54, 1.807) is 0 Å². The minimum atomic E-state index is -4.51. The minimum Gasteiger partial charge on any atom is -0.396 e. The zero-order valence-electron chi connectivity index (χ0n) is 8.67. The first-order valence-corrected chi connectivity index (χ1v) is 5.41. The molecular weight excluding hydrogens is 290 g/mol. The van der Waals surface area contributed by atoms with Crippen LogP contribution in [0.25, 0.3) is 5.69 Å². The molecule has 0 amide bonds. The molecule has 0 unspecified atom stereocenters. The molecule has 0 aliphatic rings. The van der Waals surface area contributed by atoms with Crippen LogP contribution in [0.1, 0.15) is 5.56 Å². The van der Waals surface area contributed by atoms with E-state index in [9.17, 15) is 13.2 Å². The lowest BCUT2D eigenvalue weighted by Crippen LogP contribution is -2.06. The molecule has 0 radical (unpaired) electrons. The molecule has 0 aliphatic carbocycles. The van der Waals surface area contributed by atoms with Crippen LogP contribution >= 0.6 is 23.2 Å². The number of nitrogens with two attached hydrogens (primary N) is 1. The second-order valence-corrected chi connectivity index (χ2v) is 4.32. The van der Waals surface area contributed by atoms with Gasteiger partial charge in [0.25, 0.3) is 0 Å². The molecule has 2 N–H and O–H groups in total. The second kappa shape index (κ2) is 4.37. The van der Waals surface area contributed by atoms with Crippen LogP contribution in [0.2, 0.25) is 10.0 Å². The zero-order chi connectivity index (χ0) is 13.5. The molecule has 0 spiro atoms. The molecule has 0 fully saturated rings. The van der Waals surface area contributed by atoms with E-state index < -0.39 is 11.7 Å². The molecule has 96 valence electrons. The Hall–Kier alpha value is -1.40. The van der Waals surface area contributed by atoms with Crippen molar-refractivity contribution in [2.45, 2.75) is 6.18 Å². The number of nitrogen functional groups attached to an aromatic ring is 1. The molecule has 2 rings (SSSR count). The van der Waals surface area contributed by atoms with Gasteiger partial charge in [0.15, 0.2) is 0 Å². The van der Waals surface area contributed by atoms with Crippen molar-refractivity contribution in [2.75, 3.05) is 5.73 Å². The second-order valence-electron chi connectivity index (χ2n) is 3.50. The molecule has 0 saturated carbocycles. The van der Waals surface area contributed by atoms with Crippen LogP contribution < -0.4 is 5.73 Å². The summed E-state index contributed by atoms with van der Waals surface area (Å²) in [6.07, 6.45) is -1.76. The summed E-state index contributed by atoms with van der Waals surface area (Å²) in [7, 11) is 0. The number of benzene rings is 1. The zero-order valence-corrected chi connectivity index (χ0v) is 10.2. The molecule has 8 heteroatoms. The van der Waals surface area contributed by atoms with Gasteiger partial charge < -0.3 is 5.73 Å². The lowest BCUT2D eigenvalue weighted by Gasteiger charge is -2.12. The van der Waals surface area contributed by atoms with Gasteiger partial charge in [0.1, 0.15) is 5.69 Å². The van der Waals surface area contributed by atoms with Crippen LogP contribution in [0, 0.1) is 0 Å². The first-order chi connectivity index (χ1) is 8.29. The van der Waals surface area contributed by atoms with E-state index in [0.717, 1.165) is 12.1 Å². The SMILES string of the molecule is Nc1cnn(-c2c(Cl)cc(C(F)(F)F)cc2Cl)c1. The Morgan fingerprint density at radius 2 is 1.72 bits per heavy atom. The average Bonchev–Trinajstić information content (AvgIpc) is 2.62. The summed E-state index contributed by atoms with van der Waals surface area (Å²) in [6, 6.07) is 1.58. The molecule has 0 aliphatic heterocycles. The normalized spacial score (nSPS) is 11.8. The summed E-state index contributed by atoms with van der Waals surface area (Å²) >= 11 is 11.6. The first-order valence-electron chi connectivity index (χ1n) is 4.66. The molecule has 0 saturated heterocycles. The van der Waals surface area contributed by atoms with Gasteiger partial charge in [-0.25, -0.2) is 4.68 Å². The number of hydrogen-bond donors (Lipinski definition) is 1. The van der Waals surface area contributed by atoms with Crippen LogP contribution in [0.4, 0.5) is 18.9 Å². The van der Waals surface area contributed by atoms with Crippen LogP contribution in [-0.2, 0) is 6.18 Å². The van der Waals surface area contributed by atoms with Crippen molar-refractivity contribution in [3.8, 4) is 5.69 Å². The lowest BCUT2D eigenvalue weighted by molar-refractivity contribution is -0.137. The summed E-state index contributed by atoms with van der Waals surface area (Å²) in [5, 5.41) is 3.53. The van der Waals surface area contributed by atoms with Crippen LogP contribution in [-0.4, -0.2) is 9.78 Å². The maximum absolute atomic E-state index is 12.5. The van der Waals surface area contributed by atoms with E-state index in [1.807, 2.05) is 0 Å². The summed E-state index contributed by atoms with van der Waals surface area (Å²) in [5.41, 5.74) is 5.06. The van der Waals surface area contributed by atoms with E-state index in [0.29, 0.717) is 5.69 Å². The molecular formula is C10H6Cl2F3N3. The predicted octanol–water partition coefficient (Wildman–Crippen LogP) is 3.78. The molecule has 2 aromatic rings. The topological polar surface area (TPSA) is 43.8 Å². The number of aromatic nitrogens is 2. The highest BCUT2D eigenvalue weighted by Gasteiger charge is 2.32. The standard InChI is InChI=1S/C10H6Cl2F3N3/c11-7-1-5(10(13,14)15)2-8(12)9(7)18-4-6(16)3-17-18/h1-4H,16H2. The Bertz CT molecular complexity index is 569. The monoisotopic (exact) mass is 295 g/mol. The Labute approximate surface area is 110 Å². The molecule has 1 heterocycles. The summed E-state index contributed by atoms with van der Waals surface area (Å²) in [4.78, 5) is 0. The third-order valence-corrected chi connectivity index (χ3v) is 2.75. The van der Waals surface area contributed by atoms with Gasteiger partial charge in [-0.05, 0) is 12.1 Å². The Kier molecular flexibility index (Phi) is 3.16. The van der Waals surface area contributed by atoms with Gasteiger partial charge in [-0.2, -0.15) is 18.3 Å². The van der Waals surface area contributed by atoms with Gasteiger partial charge in [0, 0.05) is 0 Å². The van der Waals surface area contributed by atoms with Crippen molar-refractivity contribution in [3.05, 3.63) is 40.1 Å². The molecule has 3 nitrogen and oxygen atoms in total. The average molecular weight is 296 g/mol. The van der Waals surface area contributed by atoms with Gasteiger partial charge in [-0.15, -0.1) is 0 Å². The number of hydrogen-bond acceptors (Lipinski definition) is 2. The van der Waals surface area contributed by atoms with Crippen molar-refractivity contribution >= 4 is 28.9 Å². The van der Waals surface area contributed by atoms with Crippen molar-refractivity contribution in [2.24, 2.45) is 0 Å². The number of halogens is 5. The Balaban J connectivity index is 2.58. The molecule has 0 atom stereocenters. The number of nitrogens with zero attached hydrogens (tertiary/aromatic N) is 2. The van der Waals surface area contributed by atoms with E-state index in [-0.39, 0.29) is 15.7 Å². The van der Waals surface area contributed by atoms with Crippen molar-refractivity contribution < 1.29 is 13.2 Å². The number of anilines is 1. The molecule has 1 aromatic heterocycles. The fraction of sp³-hybridized carbons (Fsp3) is 0.100. The van der Waals surface area contributed by atoms with Crippen LogP contribution in [0.15, 0.2) is 24.5 Å². The van der Waals surface area contributed by atoms with Gasteiger partial charge >= 0.3 is 6.18 Å². The fourth-order valence-corrected chi connectivity index (χ4v) is 2.07. The quantitative estimate of drug-likeness (QED) is 0.870. The smallest absolute Gasteiger partial charge is 0.396 e. The molecule has 18 heavy (non-hydrogen) atoms. The Morgan fingerprint density at radius 1 is 1.17 bits per heavy atom. The maximum atomic E-state index is 12.5. The number of alkyl halides is 3. The summed E-state index contributed by atoms with van der Waals surface area (Å²) in [6.45, 7) is 0. The van der Waals surface area contributed by atoms with Crippen molar-refractivity contribution in [1.29, 1.82) is 0 Å². The largest absolute Gasteiger partial charge is 0.416 e. The Morgan fingerprint density at radius 3 is 2.11 bits per heavy atom. The van der Waals surface area contributed by atoms with E-state index in [1.165, 1.54) is 17.1 Å². The molecule has 1 aromatic carbocycles. The fourth-order valence-electron chi connectivity index (χ4n) is 1.41. The summed E-state index contributed by atoms with van der Waals surface area (Å²) < 4.78 is 38.8. The van der Waals surface area contributed by atoms with Crippen molar-refractivity contribution in [3.63, 3.8) is 0 Å². The number of rotatable bonds is 1. The lowest BCUT2D eigenvalue weighted by atomic mass is 10.2. The third-order valence-electron chi connectivity index (χ3n) is 2.18. The van der Waals surface area contributed by atoms with E-state index in [4.69, 9.17) is 28.9 Å². The van der Waals surface area contributed by atoms with Gasteiger partial charge in [-0.3, -0.25) is 0 Å². The van der Waals surface area contributed by atoms with Gasteiger partial charge in [0.05, 0.1) is 33.7 Å². The third kappa shape index (κ3) is 2.39. The highest BCUT2D eigenvalue weighted by molar-refractivity contribution is 6.37. The maximum Gasteiger partial charge on any atom is 0.416 e. The van der Waals surface area contributed by atoms with E-state index in [2.05, 4.69) is 5.10 Å². The van der Waals surface area contributed by atoms with Crippen LogP contribution in [0.5, 0.6) is 0 Å². The van der Waals surface area contributed by atoms with E-state index >= 15 is 0 Å². The highest BCUT2D eigenvalue weighted by atomic mass is 35.5. The first kappa shape index (κ1) is 13.0. The minimum absolute atomic E-state index is 0.155. The predicted molar refractivity (Wildman–Crippen MR) is 63.0 cm³/mol. The van der Waals surface area contributed by atoms with Gasteiger partial charge in [0.2, 0.25) is 0 Å². The van der Waals surface area contributed by atoms with Crippen molar-refractivity contribution in [1.82, 2.24) is 9.78 Å². The highest BCUT2D eigenvalue weighted by Crippen LogP contribution is 2.37. The molecule has 0 bridgehead atoms.